The van der Waals surface area contributed by atoms with Crippen molar-refractivity contribution in [3.05, 3.63) is 46.8 Å². The van der Waals surface area contributed by atoms with Crippen molar-refractivity contribution >= 4 is 5.97 Å². The highest BCUT2D eigenvalue weighted by atomic mass is 16.4. The zero-order valence-corrected chi connectivity index (χ0v) is 10.7. The summed E-state index contributed by atoms with van der Waals surface area (Å²) >= 11 is 0. The number of carbonyl (C=O) groups is 1. The number of hydrogen-bond donors (Lipinski definition) is 1. The van der Waals surface area contributed by atoms with E-state index in [2.05, 4.69) is 5.10 Å². The molecule has 0 aliphatic rings. The highest BCUT2D eigenvalue weighted by Gasteiger charge is 2.19. The van der Waals surface area contributed by atoms with Crippen LogP contribution in [0.15, 0.2) is 24.3 Å². The Morgan fingerprint density at radius 2 is 2.05 bits per heavy atom. The second-order valence-electron chi connectivity index (χ2n) is 4.14. The molecule has 0 saturated heterocycles. The highest BCUT2D eigenvalue weighted by Crippen LogP contribution is 2.19. The van der Waals surface area contributed by atoms with E-state index in [-0.39, 0.29) is 5.56 Å². The van der Waals surface area contributed by atoms with Crippen LogP contribution in [-0.2, 0) is 6.42 Å². The number of hydrogen-bond acceptors (Lipinski definition) is 3. The fraction of sp³-hybridized carbons (Fsp3) is 0.214. The molecule has 19 heavy (non-hydrogen) atoms. The molecular weight excluding hydrogens is 242 g/mol. The average Bonchev–Trinajstić information content (AvgIpc) is 2.76. The predicted octanol–water partition coefficient (Wildman–Crippen LogP) is 2.31. The monoisotopic (exact) mass is 255 g/mol. The zero-order valence-electron chi connectivity index (χ0n) is 10.7. The topological polar surface area (TPSA) is 78.9 Å². The Hall–Kier alpha value is -2.61. The molecule has 1 aromatic heterocycles. The molecule has 5 heteroatoms. The molecule has 0 aliphatic carbocycles. The number of aromatic nitrogens is 2. The van der Waals surface area contributed by atoms with E-state index in [1.54, 1.807) is 35.9 Å². The maximum atomic E-state index is 11.3. The van der Waals surface area contributed by atoms with E-state index in [9.17, 15) is 9.90 Å². The molecule has 0 unspecified atom stereocenters. The SMILES string of the molecule is CCc1nn(-c2ccc(C#N)cc2)c(C)c1C(=O)O. The Kier molecular flexibility index (Phi) is 3.34. The van der Waals surface area contributed by atoms with Gasteiger partial charge in [0, 0.05) is 0 Å². The fourth-order valence-corrected chi connectivity index (χ4v) is 2.01. The van der Waals surface area contributed by atoms with E-state index in [0.29, 0.717) is 23.4 Å². The molecule has 0 amide bonds. The Labute approximate surface area is 110 Å². The smallest absolute Gasteiger partial charge is 0.339 e. The highest BCUT2D eigenvalue weighted by molar-refractivity contribution is 5.90. The van der Waals surface area contributed by atoms with Gasteiger partial charge in [-0.25, -0.2) is 9.48 Å². The summed E-state index contributed by atoms with van der Waals surface area (Å²) in [6.45, 7) is 3.60. The summed E-state index contributed by atoms with van der Waals surface area (Å²) in [4.78, 5) is 11.3. The second kappa shape index (κ2) is 4.94. The number of carboxylic acids is 1. The molecule has 1 aromatic carbocycles. The van der Waals surface area contributed by atoms with E-state index < -0.39 is 5.97 Å². The summed E-state index contributed by atoms with van der Waals surface area (Å²) in [5.74, 6) is -0.964. The van der Waals surface area contributed by atoms with Gasteiger partial charge in [0.25, 0.3) is 0 Å². The number of benzene rings is 1. The van der Waals surface area contributed by atoms with Crippen molar-refractivity contribution in [2.75, 3.05) is 0 Å². The molecular formula is C14H13N3O2. The van der Waals surface area contributed by atoms with Crippen LogP contribution in [0.3, 0.4) is 0 Å². The number of nitrogens with zero attached hydrogens (tertiary/aromatic N) is 3. The van der Waals surface area contributed by atoms with Crippen molar-refractivity contribution in [1.29, 1.82) is 5.26 Å². The lowest BCUT2D eigenvalue weighted by molar-refractivity contribution is 0.0695. The molecule has 0 fully saturated rings. The fourth-order valence-electron chi connectivity index (χ4n) is 2.01. The summed E-state index contributed by atoms with van der Waals surface area (Å²) in [6, 6.07) is 8.92. The Morgan fingerprint density at radius 3 is 2.47 bits per heavy atom. The van der Waals surface area contributed by atoms with Gasteiger partial charge in [-0.05, 0) is 37.6 Å². The number of aromatic carboxylic acids is 1. The molecule has 0 saturated carbocycles. The minimum Gasteiger partial charge on any atom is -0.478 e. The van der Waals surface area contributed by atoms with Crippen molar-refractivity contribution < 1.29 is 9.90 Å². The van der Waals surface area contributed by atoms with Gasteiger partial charge < -0.3 is 5.11 Å². The predicted molar refractivity (Wildman–Crippen MR) is 69.4 cm³/mol. The first kappa shape index (κ1) is 12.8. The van der Waals surface area contributed by atoms with Crippen LogP contribution in [0.2, 0.25) is 0 Å². The van der Waals surface area contributed by atoms with E-state index in [1.807, 2.05) is 13.0 Å². The zero-order chi connectivity index (χ0) is 14.0. The molecule has 0 aliphatic heterocycles. The van der Waals surface area contributed by atoms with Crippen LogP contribution in [0, 0.1) is 18.3 Å². The average molecular weight is 255 g/mol. The Morgan fingerprint density at radius 1 is 1.42 bits per heavy atom. The molecule has 0 radical (unpaired) electrons. The van der Waals surface area contributed by atoms with Gasteiger partial charge in [-0.1, -0.05) is 6.92 Å². The lowest BCUT2D eigenvalue weighted by Crippen LogP contribution is -2.02. The molecule has 1 N–H and O–H groups in total. The summed E-state index contributed by atoms with van der Waals surface area (Å²) in [6.07, 6.45) is 0.561. The van der Waals surface area contributed by atoms with Gasteiger partial charge in [0.2, 0.25) is 0 Å². The van der Waals surface area contributed by atoms with Crippen LogP contribution < -0.4 is 0 Å². The largest absolute Gasteiger partial charge is 0.478 e. The van der Waals surface area contributed by atoms with Gasteiger partial charge >= 0.3 is 5.97 Å². The normalized spacial score (nSPS) is 10.2. The van der Waals surface area contributed by atoms with Crippen LogP contribution in [-0.4, -0.2) is 20.9 Å². The molecule has 2 rings (SSSR count). The van der Waals surface area contributed by atoms with Gasteiger partial charge in [0.05, 0.1) is 28.7 Å². The number of rotatable bonds is 3. The summed E-state index contributed by atoms with van der Waals surface area (Å²) < 4.78 is 1.60. The lowest BCUT2D eigenvalue weighted by Gasteiger charge is -2.04. The lowest BCUT2D eigenvalue weighted by atomic mass is 10.1. The van der Waals surface area contributed by atoms with Crippen LogP contribution in [0.1, 0.15) is 34.2 Å². The van der Waals surface area contributed by atoms with E-state index in [0.717, 1.165) is 5.69 Å². The molecule has 2 aromatic rings. The Bertz CT molecular complexity index is 663. The molecule has 1 heterocycles. The minimum absolute atomic E-state index is 0.256. The first-order valence-corrected chi connectivity index (χ1v) is 5.90. The minimum atomic E-state index is -0.964. The summed E-state index contributed by atoms with van der Waals surface area (Å²) in [7, 11) is 0. The van der Waals surface area contributed by atoms with E-state index in [1.165, 1.54) is 0 Å². The molecule has 5 nitrogen and oxygen atoms in total. The first-order valence-electron chi connectivity index (χ1n) is 5.90. The molecule has 96 valence electrons. The number of carboxylic acid groups (broad SMARTS) is 1. The van der Waals surface area contributed by atoms with Crippen LogP contribution >= 0.6 is 0 Å². The molecule has 0 atom stereocenters. The summed E-state index contributed by atoms with van der Waals surface area (Å²) in [5, 5.41) is 22.3. The van der Waals surface area contributed by atoms with Gasteiger partial charge in [-0.15, -0.1) is 0 Å². The van der Waals surface area contributed by atoms with Crippen LogP contribution in [0.5, 0.6) is 0 Å². The van der Waals surface area contributed by atoms with Crippen molar-refractivity contribution in [3.8, 4) is 11.8 Å². The van der Waals surface area contributed by atoms with Gasteiger partial charge in [-0.3, -0.25) is 0 Å². The van der Waals surface area contributed by atoms with Crippen LogP contribution in [0.4, 0.5) is 0 Å². The van der Waals surface area contributed by atoms with E-state index in [4.69, 9.17) is 5.26 Å². The number of aryl methyl sites for hydroxylation is 1. The third-order valence-electron chi connectivity index (χ3n) is 2.98. The van der Waals surface area contributed by atoms with Crippen LogP contribution in [0.25, 0.3) is 5.69 Å². The van der Waals surface area contributed by atoms with Gasteiger partial charge in [0.1, 0.15) is 5.56 Å². The summed E-state index contributed by atoms with van der Waals surface area (Å²) in [5.41, 5.74) is 2.72. The van der Waals surface area contributed by atoms with Crippen molar-refractivity contribution in [2.24, 2.45) is 0 Å². The maximum absolute atomic E-state index is 11.3. The van der Waals surface area contributed by atoms with Gasteiger partial charge in [0.15, 0.2) is 0 Å². The number of nitriles is 1. The molecule has 0 spiro atoms. The van der Waals surface area contributed by atoms with Gasteiger partial charge in [-0.2, -0.15) is 10.4 Å². The third kappa shape index (κ3) is 2.20. The van der Waals surface area contributed by atoms with Crippen molar-refractivity contribution in [3.63, 3.8) is 0 Å². The first-order chi connectivity index (χ1) is 9.08. The standard InChI is InChI=1S/C14H13N3O2/c1-3-12-13(14(18)19)9(2)17(16-12)11-6-4-10(8-15)5-7-11/h4-7H,3H2,1-2H3,(H,18,19). The quantitative estimate of drug-likeness (QED) is 0.912. The van der Waals surface area contributed by atoms with Crippen molar-refractivity contribution in [2.45, 2.75) is 20.3 Å². The molecule has 0 bridgehead atoms. The maximum Gasteiger partial charge on any atom is 0.339 e. The second-order valence-corrected chi connectivity index (χ2v) is 4.14. The van der Waals surface area contributed by atoms with E-state index >= 15 is 0 Å². The van der Waals surface area contributed by atoms with Crippen molar-refractivity contribution in [1.82, 2.24) is 9.78 Å². The third-order valence-corrected chi connectivity index (χ3v) is 2.98. The Balaban J connectivity index is 2.56.